The number of rotatable bonds is 8. The maximum Gasteiger partial charge on any atom is 0.266 e. The van der Waals surface area contributed by atoms with Crippen LogP contribution in [0.3, 0.4) is 0 Å². The number of aliphatic imine (C=N–C) groups is 1. The van der Waals surface area contributed by atoms with Gasteiger partial charge in [0.1, 0.15) is 0 Å². The van der Waals surface area contributed by atoms with Crippen molar-refractivity contribution in [3.8, 4) is 11.5 Å². The van der Waals surface area contributed by atoms with Gasteiger partial charge in [-0.2, -0.15) is 0 Å². The Balaban J connectivity index is 1.87. The minimum atomic E-state index is -0.0792. The summed E-state index contributed by atoms with van der Waals surface area (Å²) < 4.78 is 11.5. The van der Waals surface area contributed by atoms with E-state index in [1.807, 2.05) is 54.6 Å². The summed E-state index contributed by atoms with van der Waals surface area (Å²) in [6, 6.07) is 15.3. The highest BCUT2D eigenvalue weighted by atomic mass is 32.2. The van der Waals surface area contributed by atoms with Gasteiger partial charge >= 0.3 is 0 Å². The Morgan fingerprint density at radius 2 is 1.90 bits per heavy atom. The number of carbonyl (C=O) groups is 1. The van der Waals surface area contributed by atoms with Gasteiger partial charge in [-0.15, -0.1) is 0 Å². The Morgan fingerprint density at radius 1 is 1.10 bits per heavy atom. The van der Waals surface area contributed by atoms with Crippen LogP contribution in [0.1, 0.15) is 31.7 Å². The van der Waals surface area contributed by atoms with Crippen LogP contribution in [0.2, 0.25) is 0 Å². The number of hydrogen-bond donors (Lipinski definition) is 0. The predicted octanol–water partition coefficient (Wildman–Crippen LogP) is 5.50. The topological polar surface area (TPSA) is 51.1 Å². The zero-order valence-electron chi connectivity index (χ0n) is 17.1. The average Bonchev–Trinajstić information content (AvgIpc) is 3.00. The molecule has 1 heterocycles. The van der Waals surface area contributed by atoms with Gasteiger partial charge in [0.25, 0.3) is 5.91 Å². The van der Waals surface area contributed by atoms with Crippen molar-refractivity contribution in [1.29, 1.82) is 0 Å². The smallest absolute Gasteiger partial charge is 0.266 e. The van der Waals surface area contributed by atoms with Crippen LogP contribution in [0.25, 0.3) is 6.08 Å². The minimum Gasteiger partial charge on any atom is -0.493 e. The summed E-state index contributed by atoms with van der Waals surface area (Å²) in [5.41, 5.74) is 1.64. The fraction of sp³-hybridized carbons (Fsp3) is 0.304. The molecule has 0 aliphatic carbocycles. The zero-order valence-corrected chi connectivity index (χ0v) is 17.9. The van der Waals surface area contributed by atoms with Crippen molar-refractivity contribution in [1.82, 2.24) is 4.90 Å². The van der Waals surface area contributed by atoms with Crippen molar-refractivity contribution in [3.05, 3.63) is 59.0 Å². The van der Waals surface area contributed by atoms with Crippen molar-refractivity contribution < 1.29 is 14.3 Å². The van der Waals surface area contributed by atoms with Crippen molar-refractivity contribution >= 4 is 34.6 Å². The molecule has 0 aromatic heterocycles. The van der Waals surface area contributed by atoms with Gasteiger partial charge in [0.2, 0.25) is 0 Å². The van der Waals surface area contributed by atoms with E-state index in [4.69, 9.17) is 9.47 Å². The van der Waals surface area contributed by atoms with Crippen LogP contribution in [0.4, 0.5) is 5.69 Å². The Bertz CT molecular complexity index is 910. The molecule has 0 radical (unpaired) electrons. The van der Waals surface area contributed by atoms with E-state index in [9.17, 15) is 4.79 Å². The van der Waals surface area contributed by atoms with E-state index in [1.54, 1.807) is 19.1 Å². The lowest BCUT2D eigenvalue weighted by Crippen LogP contribution is -2.23. The minimum absolute atomic E-state index is 0.0792. The molecule has 0 bridgehead atoms. The second-order valence-corrected chi connectivity index (χ2v) is 7.65. The van der Waals surface area contributed by atoms with Crippen LogP contribution in [0.15, 0.2) is 58.4 Å². The summed E-state index contributed by atoms with van der Waals surface area (Å²) >= 11 is 1.36. The highest BCUT2D eigenvalue weighted by Gasteiger charge is 2.30. The first-order chi connectivity index (χ1) is 14.1. The van der Waals surface area contributed by atoms with Crippen molar-refractivity contribution in [3.63, 3.8) is 0 Å². The summed E-state index contributed by atoms with van der Waals surface area (Å²) in [4.78, 5) is 19.5. The number of nitrogens with zero attached hydrogens (tertiary/aromatic N) is 2. The van der Waals surface area contributed by atoms with Gasteiger partial charge in [-0.1, -0.05) is 50.1 Å². The van der Waals surface area contributed by atoms with Crippen LogP contribution in [-0.4, -0.2) is 36.7 Å². The van der Waals surface area contributed by atoms with Crippen LogP contribution in [-0.2, 0) is 4.79 Å². The maximum absolute atomic E-state index is 12.8. The molecule has 6 heteroatoms. The number of methoxy groups -OCH3 is 1. The third-order valence-corrected chi connectivity index (χ3v) is 5.55. The van der Waals surface area contributed by atoms with Gasteiger partial charge in [-0.25, -0.2) is 4.99 Å². The number of likely N-dealkylation sites (N-methyl/N-ethyl adjacent to an activating group) is 1. The Morgan fingerprint density at radius 3 is 2.62 bits per heavy atom. The van der Waals surface area contributed by atoms with E-state index in [0.717, 1.165) is 30.5 Å². The second-order valence-electron chi connectivity index (χ2n) is 6.64. The summed E-state index contributed by atoms with van der Waals surface area (Å²) in [6.07, 6.45) is 5.08. The Labute approximate surface area is 176 Å². The molecule has 0 saturated carbocycles. The number of unbranched alkanes of at least 4 members (excludes halogenated alkanes) is 2. The van der Waals surface area contributed by atoms with Gasteiger partial charge in [-0.3, -0.25) is 9.69 Å². The molecule has 2 aromatic rings. The molecule has 1 aliphatic rings. The molecule has 0 spiro atoms. The summed E-state index contributed by atoms with van der Waals surface area (Å²) in [7, 11) is 3.37. The molecular weight excluding hydrogens is 384 g/mol. The Kier molecular flexibility index (Phi) is 7.36. The van der Waals surface area contributed by atoms with E-state index in [2.05, 4.69) is 11.9 Å². The standard InChI is InChI=1S/C23H26N2O3S/c1-4-5-9-15-28-21-17(11-10-14-19(21)27-3)16-20-22(26)25(2)23(29-20)24-18-12-7-6-8-13-18/h6-8,10-14,16H,4-5,9,15H2,1-3H3/b20-16+,24-23?. The fourth-order valence-corrected chi connectivity index (χ4v) is 3.87. The first-order valence-corrected chi connectivity index (χ1v) is 10.6. The quantitative estimate of drug-likeness (QED) is 0.426. The van der Waals surface area contributed by atoms with E-state index in [-0.39, 0.29) is 5.91 Å². The van der Waals surface area contributed by atoms with E-state index in [1.165, 1.54) is 11.8 Å². The maximum atomic E-state index is 12.8. The van der Waals surface area contributed by atoms with Crippen molar-refractivity contribution in [2.75, 3.05) is 20.8 Å². The predicted molar refractivity (Wildman–Crippen MR) is 120 cm³/mol. The third kappa shape index (κ3) is 5.21. The van der Waals surface area contributed by atoms with Crippen LogP contribution in [0.5, 0.6) is 11.5 Å². The molecule has 2 aromatic carbocycles. The lowest BCUT2D eigenvalue weighted by Gasteiger charge is -2.13. The lowest BCUT2D eigenvalue weighted by atomic mass is 10.1. The normalized spacial score (nSPS) is 16.7. The van der Waals surface area contributed by atoms with Gasteiger partial charge in [-0.05, 0) is 42.5 Å². The molecule has 1 saturated heterocycles. The number of ether oxygens (including phenoxy) is 2. The molecule has 0 N–H and O–H groups in total. The number of amidine groups is 1. The van der Waals surface area contributed by atoms with Gasteiger partial charge in [0.05, 0.1) is 24.3 Å². The zero-order chi connectivity index (χ0) is 20.6. The number of amides is 1. The number of hydrogen-bond acceptors (Lipinski definition) is 5. The van der Waals surface area contributed by atoms with E-state index in [0.29, 0.717) is 28.2 Å². The molecule has 29 heavy (non-hydrogen) atoms. The molecule has 152 valence electrons. The lowest BCUT2D eigenvalue weighted by molar-refractivity contribution is -0.121. The van der Waals surface area contributed by atoms with Gasteiger partial charge < -0.3 is 9.47 Å². The first kappa shape index (κ1) is 21.0. The molecule has 1 fully saturated rings. The fourth-order valence-electron chi connectivity index (χ4n) is 2.89. The molecule has 3 rings (SSSR count). The van der Waals surface area contributed by atoms with Crippen LogP contribution in [0, 0.1) is 0 Å². The number of benzene rings is 2. The van der Waals surface area contributed by atoms with Crippen LogP contribution < -0.4 is 9.47 Å². The SMILES string of the molecule is CCCCCOc1c(/C=C2/SC(=Nc3ccccc3)N(C)C2=O)cccc1OC. The number of carbonyl (C=O) groups excluding carboxylic acids is 1. The molecule has 5 nitrogen and oxygen atoms in total. The monoisotopic (exact) mass is 410 g/mol. The first-order valence-electron chi connectivity index (χ1n) is 9.75. The Hall–Kier alpha value is -2.73. The van der Waals surface area contributed by atoms with Gasteiger partial charge in [0, 0.05) is 12.6 Å². The van der Waals surface area contributed by atoms with Crippen LogP contribution >= 0.6 is 11.8 Å². The second kappa shape index (κ2) is 10.2. The highest BCUT2D eigenvalue weighted by Crippen LogP contribution is 2.37. The summed E-state index contributed by atoms with van der Waals surface area (Å²) in [5, 5.41) is 0.653. The van der Waals surface area contributed by atoms with Crippen molar-refractivity contribution in [2.45, 2.75) is 26.2 Å². The largest absolute Gasteiger partial charge is 0.493 e. The molecule has 0 unspecified atom stereocenters. The summed E-state index contributed by atoms with van der Waals surface area (Å²) in [5.74, 6) is 1.25. The van der Waals surface area contributed by atoms with E-state index >= 15 is 0 Å². The van der Waals surface area contributed by atoms with Crippen molar-refractivity contribution in [2.24, 2.45) is 4.99 Å². The van der Waals surface area contributed by atoms with E-state index < -0.39 is 0 Å². The highest BCUT2D eigenvalue weighted by molar-refractivity contribution is 8.18. The number of para-hydroxylation sites is 2. The summed E-state index contributed by atoms with van der Waals surface area (Å²) in [6.45, 7) is 2.78. The molecular formula is C23H26N2O3S. The average molecular weight is 411 g/mol. The van der Waals surface area contributed by atoms with Gasteiger partial charge in [0.15, 0.2) is 16.7 Å². The third-order valence-electron chi connectivity index (χ3n) is 4.49. The molecule has 1 amide bonds. The number of thioether (sulfide) groups is 1. The molecule has 1 aliphatic heterocycles. The molecule has 0 atom stereocenters.